The Morgan fingerprint density at radius 2 is 1.57 bits per heavy atom. The van der Waals surface area contributed by atoms with Crippen LogP contribution >= 0.6 is 0 Å². The predicted molar refractivity (Wildman–Crippen MR) is 117 cm³/mol. The van der Waals surface area contributed by atoms with Crippen LogP contribution in [0.1, 0.15) is 63.9 Å². The molecule has 0 aromatic heterocycles. The number of halogens is 2. The van der Waals surface area contributed by atoms with Crippen LogP contribution in [-0.4, -0.2) is 57.1 Å². The highest BCUT2D eigenvalue weighted by atomic mass is 35.5. The maximum Gasteiger partial charge on any atom is 0.132 e. The number of ether oxygens (including phenoxy) is 1. The molecule has 0 radical (unpaired) electrons. The first-order valence-corrected chi connectivity index (χ1v) is 11.7. The second-order valence-corrected chi connectivity index (χ2v) is 8.63. The van der Waals surface area contributed by atoms with Gasteiger partial charge in [0.1, 0.15) is 44.5 Å². The zero-order chi connectivity index (χ0) is 20.0. The highest BCUT2D eigenvalue weighted by molar-refractivity contribution is 5.33. The minimum atomic E-state index is -0.329. The van der Waals surface area contributed by atoms with Gasteiger partial charge in [-0.3, -0.25) is 4.90 Å². The lowest BCUT2D eigenvalue weighted by atomic mass is 10.1. The van der Waals surface area contributed by atoms with Gasteiger partial charge in [0.2, 0.25) is 0 Å². The van der Waals surface area contributed by atoms with Crippen molar-refractivity contribution in [3.63, 3.8) is 0 Å². The summed E-state index contributed by atoms with van der Waals surface area (Å²) in [4.78, 5) is 3.09. The van der Waals surface area contributed by atoms with Crippen molar-refractivity contribution in [1.29, 1.82) is 0 Å². The van der Waals surface area contributed by atoms with Gasteiger partial charge in [0.05, 0.1) is 6.61 Å². The predicted octanol–water partition coefficient (Wildman–Crippen LogP) is -4.06. The molecule has 176 valence electrons. The molecule has 0 saturated carbocycles. The fraction of sp³-hybridized carbons (Fsp3) is 0.750. The van der Waals surface area contributed by atoms with Crippen LogP contribution < -0.4 is 34.6 Å². The van der Waals surface area contributed by atoms with Crippen LogP contribution in [0.3, 0.4) is 0 Å². The summed E-state index contributed by atoms with van der Waals surface area (Å²) in [7, 11) is 0. The van der Waals surface area contributed by atoms with Crippen molar-refractivity contribution in [3.8, 4) is 0 Å². The summed E-state index contributed by atoms with van der Waals surface area (Å²) in [5.41, 5.74) is 2.75. The minimum Gasteiger partial charge on any atom is -1.00 e. The van der Waals surface area contributed by atoms with E-state index >= 15 is 0 Å². The van der Waals surface area contributed by atoms with Crippen molar-refractivity contribution in [1.82, 2.24) is 0 Å². The number of nitrogens with one attached hydrogen (secondary N) is 2. The molecule has 3 N–H and O–H groups in total. The van der Waals surface area contributed by atoms with Gasteiger partial charge in [-0.15, -0.1) is 0 Å². The fourth-order valence-electron chi connectivity index (χ4n) is 4.21. The lowest BCUT2D eigenvalue weighted by Gasteiger charge is -2.30. The molecule has 1 aliphatic heterocycles. The Kier molecular flexibility index (Phi) is 18.0. The van der Waals surface area contributed by atoms with E-state index in [2.05, 4.69) is 38.1 Å². The molecular formula is C24H44Cl2N2O2. The van der Waals surface area contributed by atoms with Gasteiger partial charge in [0.25, 0.3) is 0 Å². The van der Waals surface area contributed by atoms with E-state index in [0.717, 1.165) is 45.8 Å². The molecule has 2 rings (SSSR count). The lowest BCUT2D eigenvalue weighted by Crippen LogP contribution is -3.26. The number of quaternary nitrogens is 2. The normalized spacial score (nSPS) is 19.6. The lowest BCUT2D eigenvalue weighted by molar-refractivity contribution is -0.988. The van der Waals surface area contributed by atoms with Crippen LogP contribution in [0, 0.1) is 6.92 Å². The molecule has 0 bridgehead atoms. The number of piperazine rings is 1. The molecule has 1 aliphatic rings. The smallest absolute Gasteiger partial charge is 0.132 e. The number of aliphatic hydroxyl groups is 1. The summed E-state index contributed by atoms with van der Waals surface area (Å²) < 4.78 is 5.72. The molecule has 1 unspecified atom stereocenters. The second kappa shape index (κ2) is 18.2. The van der Waals surface area contributed by atoms with Crippen molar-refractivity contribution >= 4 is 5.69 Å². The van der Waals surface area contributed by atoms with E-state index in [4.69, 9.17) is 4.74 Å². The van der Waals surface area contributed by atoms with E-state index in [0.29, 0.717) is 6.61 Å². The minimum absolute atomic E-state index is 0. The summed E-state index contributed by atoms with van der Waals surface area (Å²) in [6.45, 7) is 11.1. The Bertz CT molecular complexity index is 526. The van der Waals surface area contributed by atoms with Gasteiger partial charge in [-0.05, 0) is 25.0 Å². The van der Waals surface area contributed by atoms with E-state index in [9.17, 15) is 5.11 Å². The van der Waals surface area contributed by atoms with Crippen LogP contribution in [0.2, 0.25) is 0 Å². The molecule has 1 saturated heterocycles. The molecule has 1 aromatic rings. The van der Waals surface area contributed by atoms with E-state index in [1.54, 1.807) is 4.90 Å². The number of hydrogen-bond acceptors (Lipinski definition) is 2. The van der Waals surface area contributed by atoms with Gasteiger partial charge in [-0.2, -0.15) is 0 Å². The zero-order valence-corrected chi connectivity index (χ0v) is 20.6. The number of unbranched alkanes of at least 4 members (excludes halogenated alkanes) is 7. The highest BCUT2D eigenvalue weighted by Crippen LogP contribution is 2.08. The second-order valence-electron chi connectivity index (χ2n) is 8.63. The number of aliphatic hydroxyl groups excluding tert-OH is 1. The van der Waals surface area contributed by atoms with Gasteiger partial charge in [-0.25, -0.2) is 0 Å². The molecule has 0 amide bonds. The van der Waals surface area contributed by atoms with Gasteiger partial charge < -0.3 is 39.6 Å². The first kappa shape index (κ1) is 29.6. The van der Waals surface area contributed by atoms with Crippen LogP contribution in [0.5, 0.6) is 0 Å². The Balaban J connectivity index is 0.00000420. The SMILES string of the molecule is CCCCCCCCCCOCC(O)C[NH+]1CC[NH+](c2cccc(C)c2)CC1.[Cl-].[Cl-]. The molecule has 30 heavy (non-hydrogen) atoms. The van der Waals surface area contributed by atoms with Crippen molar-refractivity contribution < 1.29 is 44.5 Å². The molecule has 0 aliphatic carbocycles. The largest absolute Gasteiger partial charge is 1.00 e. The highest BCUT2D eigenvalue weighted by Gasteiger charge is 2.26. The first-order chi connectivity index (χ1) is 13.7. The molecule has 1 fully saturated rings. The Morgan fingerprint density at radius 1 is 0.933 bits per heavy atom. The summed E-state index contributed by atoms with van der Waals surface area (Å²) in [5, 5.41) is 10.3. The molecule has 1 heterocycles. The van der Waals surface area contributed by atoms with Crippen LogP contribution in [0.4, 0.5) is 5.69 Å². The Hall–Kier alpha value is -0.360. The molecule has 0 spiro atoms. The summed E-state index contributed by atoms with van der Waals surface area (Å²) in [5.74, 6) is 0. The molecule has 1 aromatic carbocycles. The molecule has 4 nitrogen and oxygen atoms in total. The monoisotopic (exact) mass is 462 g/mol. The van der Waals surface area contributed by atoms with Crippen LogP contribution in [0.15, 0.2) is 24.3 Å². The quantitative estimate of drug-likeness (QED) is 0.246. The fourth-order valence-corrected chi connectivity index (χ4v) is 4.21. The van der Waals surface area contributed by atoms with Crippen LogP contribution in [-0.2, 0) is 4.74 Å². The topological polar surface area (TPSA) is 38.3 Å². The van der Waals surface area contributed by atoms with E-state index in [-0.39, 0.29) is 30.9 Å². The van der Waals surface area contributed by atoms with Gasteiger partial charge in [0, 0.05) is 12.7 Å². The zero-order valence-electron chi connectivity index (χ0n) is 19.1. The van der Waals surface area contributed by atoms with Crippen molar-refractivity contribution in [2.45, 2.75) is 71.3 Å². The van der Waals surface area contributed by atoms with Crippen molar-refractivity contribution in [2.75, 3.05) is 45.9 Å². The van der Waals surface area contributed by atoms with Crippen LogP contribution in [0.25, 0.3) is 0 Å². The summed E-state index contributed by atoms with van der Waals surface area (Å²) in [6, 6.07) is 8.86. The third kappa shape index (κ3) is 12.5. The van der Waals surface area contributed by atoms with Gasteiger partial charge in [-0.1, -0.05) is 64.0 Å². The number of benzene rings is 1. The van der Waals surface area contributed by atoms with Gasteiger partial charge >= 0.3 is 0 Å². The first-order valence-electron chi connectivity index (χ1n) is 11.7. The van der Waals surface area contributed by atoms with E-state index in [1.165, 1.54) is 61.1 Å². The van der Waals surface area contributed by atoms with Gasteiger partial charge in [0.15, 0.2) is 0 Å². The summed E-state index contributed by atoms with van der Waals surface area (Å²) in [6.07, 6.45) is 10.2. The standard InChI is InChI=1S/C24H42N2O2.2ClH/c1-3-4-5-6-7-8-9-10-18-28-21-24(27)20-25-14-16-26(17-15-25)23-13-11-12-22(2)19-23;;/h11-13,19,24,27H,3-10,14-18,20-21H2,1-2H3;2*1H. The number of aryl methyl sites for hydroxylation is 1. The maximum atomic E-state index is 10.3. The molecule has 1 atom stereocenters. The third-order valence-electron chi connectivity index (χ3n) is 5.96. The molecular weight excluding hydrogens is 419 g/mol. The summed E-state index contributed by atoms with van der Waals surface area (Å²) >= 11 is 0. The number of hydrogen-bond donors (Lipinski definition) is 3. The third-order valence-corrected chi connectivity index (χ3v) is 5.96. The van der Waals surface area contributed by atoms with E-state index in [1.807, 2.05) is 0 Å². The Morgan fingerprint density at radius 3 is 2.20 bits per heavy atom. The average Bonchev–Trinajstić information content (AvgIpc) is 2.70. The van der Waals surface area contributed by atoms with Crippen molar-refractivity contribution in [2.24, 2.45) is 0 Å². The Labute approximate surface area is 197 Å². The number of rotatable bonds is 14. The maximum absolute atomic E-state index is 10.3. The van der Waals surface area contributed by atoms with E-state index < -0.39 is 0 Å². The molecule has 6 heteroatoms. The van der Waals surface area contributed by atoms with Crippen molar-refractivity contribution in [3.05, 3.63) is 29.8 Å². The average molecular weight is 464 g/mol.